The molecule has 2 aromatic heterocycles. The molecule has 0 radical (unpaired) electrons. The van der Waals surface area contributed by atoms with Crippen molar-refractivity contribution >= 4 is 5.95 Å². The highest BCUT2D eigenvalue weighted by atomic mass is 15.0. The van der Waals surface area contributed by atoms with Gasteiger partial charge in [-0.05, 0) is 37.1 Å². The van der Waals surface area contributed by atoms with Gasteiger partial charge < -0.3 is 5.73 Å². The number of aryl methyl sites for hydroxylation is 1. The van der Waals surface area contributed by atoms with Crippen LogP contribution in [0.15, 0.2) is 48.7 Å². The van der Waals surface area contributed by atoms with E-state index in [0.717, 1.165) is 5.56 Å². The molecule has 0 saturated carbocycles. The summed E-state index contributed by atoms with van der Waals surface area (Å²) in [4.78, 5) is 12.7. The number of anilines is 1. The Morgan fingerprint density at radius 3 is 2.67 bits per heavy atom. The molecule has 0 aliphatic carbocycles. The molecule has 0 spiro atoms. The predicted octanol–water partition coefficient (Wildman–Crippen LogP) is 2.70. The van der Waals surface area contributed by atoms with E-state index in [1.165, 1.54) is 0 Å². The van der Waals surface area contributed by atoms with Gasteiger partial charge in [0.1, 0.15) is 5.69 Å². The van der Waals surface area contributed by atoms with Gasteiger partial charge in [0.05, 0.1) is 28.6 Å². The van der Waals surface area contributed by atoms with Crippen LogP contribution in [-0.4, -0.2) is 15.0 Å². The quantitative estimate of drug-likeness (QED) is 0.698. The van der Waals surface area contributed by atoms with Gasteiger partial charge in [0, 0.05) is 11.8 Å². The lowest BCUT2D eigenvalue weighted by molar-refractivity contribution is 1.11. The summed E-state index contributed by atoms with van der Waals surface area (Å²) in [7, 11) is 0. The van der Waals surface area contributed by atoms with E-state index in [-0.39, 0.29) is 5.95 Å². The average Bonchev–Trinajstić information content (AvgIpc) is 2.61. The molecular weight excluding hydrogens is 298 g/mol. The molecule has 0 amide bonds. The zero-order valence-corrected chi connectivity index (χ0v) is 13.0. The molecule has 0 fully saturated rings. The van der Waals surface area contributed by atoms with E-state index in [2.05, 4.69) is 32.9 Å². The zero-order chi connectivity index (χ0) is 16.9. The Morgan fingerprint density at radius 1 is 1.04 bits per heavy atom. The maximum absolute atomic E-state index is 9.10. The minimum atomic E-state index is 0.174. The van der Waals surface area contributed by atoms with Gasteiger partial charge in [-0.15, -0.1) is 0 Å². The van der Waals surface area contributed by atoms with Crippen LogP contribution in [-0.2, 0) is 0 Å². The van der Waals surface area contributed by atoms with Gasteiger partial charge in [-0.3, -0.25) is 0 Å². The van der Waals surface area contributed by atoms with E-state index < -0.39 is 0 Å². The first-order chi connectivity index (χ1) is 11.7. The minimum Gasteiger partial charge on any atom is -0.368 e. The maximum Gasteiger partial charge on any atom is 0.220 e. The van der Waals surface area contributed by atoms with E-state index in [9.17, 15) is 0 Å². The van der Waals surface area contributed by atoms with Crippen molar-refractivity contribution in [2.24, 2.45) is 0 Å². The molecule has 5 nitrogen and oxygen atoms in total. The van der Waals surface area contributed by atoms with Gasteiger partial charge in [0.15, 0.2) is 0 Å². The molecule has 0 aliphatic rings. The zero-order valence-electron chi connectivity index (χ0n) is 13.0. The molecule has 3 aromatic rings. The van der Waals surface area contributed by atoms with E-state index in [1.807, 2.05) is 31.2 Å². The van der Waals surface area contributed by atoms with Crippen molar-refractivity contribution in [3.05, 3.63) is 71.2 Å². The van der Waals surface area contributed by atoms with Crippen molar-refractivity contribution in [2.75, 3.05) is 5.73 Å². The Morgan fingerprint density at radius 2 is 1.92 bits per heavy atom. The van der Waals surface area contributed by atoms with Crippen molar-refractivity contribution in [1.29, 1.82) is 5.26 Å². The van der Waals surface area contributed by atoms with Crippen LogP contribution in [0.5, 0.6) is 0 Å². The first kappa shape index (κ1) is 15.2. The molecule has 1 aromatic carbocycles. The molecule has 0 unspecified atom stereocenters. The molecule has 0 saturated heterocycles. The van der Waals surface area contributed by atoms with Crippen LogP contribution in [0.4, 0.5) is 5.95 Å². The van der Waals surface area contributed by atoms with Crippen LogP contribution in [0, 0.1) is 30.1 Å². The molecule has 3 rings (SSSR count). The third-order valence-electron chi connectivity index (χ3n) is 3.35. The van der Waals surface area contributed by atoms with E-state index >= 15 is 0 Å². The summed E-state index contributed by atoms with van der Waals surface area (Å²) in [6, 6.07) is 14.8. The normalized spacial score (nSPS) is 9.67. The third-order valence-corrected chi connectivity index (χ3v) is 3.35. The number of nitrogens with zero attached hydrogens (tertiary/aromatic N) is 4. The highest BCUT2D eigenvalue weighted by Gasteiger charge is 2.11. The molecule has 0 bridgehead atoms. The van der Waals surface area contributed by atoms with Crippen LogP contribution in [0.1, 0.15) is 22.5 Å². The molecule has 0 aliphatic heterocycles. The molecule has 2 N–H and O–H groups in total. The van der Waals surface area contributed by atoms with E-state index in [1.54, 1.807) is 24.4 Å². The number of hydrogen-bond donors (Lipinski definition) is 1. The Kier molecular flexibility index (Phi) is 4.18. The third kappa shape index (κ3) is 3.21. The van der Waals surface area contributed by atoms with Crippen LogP contribution < -0.4 is 5.73 Å². The maximum atomic E-state index is 9.10. The Bertz CT molecular complexity index is 992. The second kappa shape index (κ2) is 6.60. The first-order valence-electron chi connectivity index (χ1n) is 7.25. The SMILES string of the molecule is Cc1nc(N)nc(-c2cccc(C#N)c2)c1C#Cc1ccccn1. The lowest BCUT2D eigenvalue weighted by atomic mass is 10.0. The summed E-state index contributed by atoms with van der Waals surface area (Å²) in [5.41, 5.74) is 9.74. The number of nitrogen functional groups attached to an aromatic ring is 1. The van der Waals surface area contributed by atoms with Crippen molar-refractivity contribution < 1.29 is 0 Å². The lowest BCUT2D eigenvalue weighted by Crippen LogP contribution is -2.03. The van der Waals surface area contributed by atoms with Crippen molar-refractivity contribution in [2.45, 2.75) is 6.92 Å². The minimum absolute atomic E-state index is 0.174. The van der Waals surface area contributed by atoms with E-state index in [4.69, 9.17) is 11.0 Å². The lowest BCUT2D eigenvalue weighted by Gasteiger charge is -2.08. The summed E-state index contributed by atoms with van der Waals surface area (Å²) in [6.45, 7) is 1.83. The fourth-order valence-corrected chi connectivity index (χ4v) is 2.25. The Labute approximate surface area is 139 Å². The first-order valence-corrected chi connectivity index (χ1v) is 7.25. The highest BCUT2D eigenvalue weighted by Crippen LogP contribution is 2.24. The Hall–Kier alpha value is -3.70. The van der Waals surface area contributed by atoms with Gasteiger partial charge >= 0.3 is 0 Å². The van der Waals surface area contributed by atoms with E-state index in [0.29, 0.717) is 28.2 Å². The number of hydrogen-bond acceptors (Lipinski definition) is 5. The van der Waals surface area contributed by atoms with Crippen LogP contribution in [0.3, 0.4) is 0 Å². The number of aromatic nitrogens is 3. The second-order valence-corrected chi connectivity index (χ2v) is 5.05. The van der Waals surface area contributed by atoms with Crippen molar-refractivity contribution in [1.82, 2.24) is 15.0 Å². The number of pyridine rings is 1. The van der Waals surface area contributed by atoms with Crippen molar-refractivity contribution in [3.8, 4) is 29.2 Å². The summed E-state index contributed by atoms with van der Waals surface area (Å²) < 4.78 is 0. The topological polar surface area (TPSA) is 88.5 Å². The van der Waals surface area contributed by atoms with Gasteiger partial charge in [-0.1, -0.05) is 24.1 Å². The summed E-state index contributed by atoms with van der Waals surface area (Å²) in [5, 5.41) is 9.10. The number of rotatable bonds is 1. The average molecular weight is 311 g/mol. The number of nitrogens with two attached hydrogens (primary N) is 1. The van der Waals surface area contributed by atoms with Crippen LogP contribution >= 0.6 is 0 Å². The van der Waals surface area contributed by atoms with Gasteiger partial charge in [-0.2, -0.15) is 5.26 Å². The summed E-state index contributed by atoms with van der Waals surface area (Å²) >= 11 is 0. The molecule has 114 valence electrons. The van der Waals surface area contributed by atoms with Crippen LogP contribution in [0.25, 0.3) is 11.3 Å². The largest absolute Gasteiger partial charge is 0.368 e. The fourth-order valence-electron chi connectivity index (χ4n) is 2.25. The molecule has 5 heteroatoms. The number of benzene rings is 1. The molecule has 24 heavy (non-hydrogen) atoms. The molecular formula is C19H13N5. The predicted molar refractivity (Wildman–Crippen MR) is 91.5 cm³/mol. The van der Waals surface area contributed by atoms with Crippen LogP contribution in [0.2, 0.25) is 0 Å². The fraction of sp³-hybridized carbons (Fsp3) is 0.0526. The summed E-state index contributed by atoms with van der Waals surface area (Å²) in [5.74, 6) is 6.27. The van der Waals surface area contributed by atoms with Gasteiger partial charge in [0.25, 0.3) is 0 Å². The number of nitriles is 1. The standard InChI is InChI=1S/C19H13N5/c1-13-17(9-8-16-7-2-3-10-22-16)18(24-19(21)23-13)15-6-4-5-14(11-15)12-20/h2-7,10-11H,1H3,(H2,21,23,24). The molecule has 2 heterocycles. The molecule has 0 atom stereocenters. The summed E-state index contributed by atoms with van der Waals surface area (Å²) in [6.07, 6.45) is 1.69. The monoisotopic (exact) mass is 311 g/mol. The second-order valence-electron chi connectivity index (χ2n) is 5.05. The Balaban J connectivity index is 2.16. The highest BCUT2D eigenvalue weighted by molar-refractivity contribution is 5.70. The van der Waals surface area contributed by atoms with Gasteiger partial charge in [-0.25, -0.2) is 15.0 Å². The van der Waals surface area contributed by atoms with Gasteiger partial charge in [0.2, 0.25) is 5.95 Å². The van der Waals surface area contributed by atoms with Crippen molar-refractivity contribution in [3.63, 3.8) is 0 Å². The smallest absolute Gasteiger partial charge is 0.220 e.